The zero-order valence-corrected chi connectivity index (χ0v) is 18.9. The Morgan fingerprint density at radius 2 is 1.44 bits per heavy atom. The Bertz CT molecular complexity index is 658. The molecule has 0 bridgehead atoms. The zero-order valence-electron chi connectivity index (χ0n) is 18.9. The van der Waals surface area contributed by atoms with Crippen molar-refractivity contribution in [1.82, 2.24) is 16.0 Å². The predicted molar refractivity (Wildman–Crippen MR) is 116 cm³/mol. The van der Waals surface area contributed by atoms with Gasteiger partial charge in [0.05, 0.1) is 6.04 Å². The lowest BCUT2D eigenvalue weighted by Gasteiger charge is -2.24. The van der Waals surface area contributed by atoms with Crippen molar-refractivity contribution in [2.45, 2.75) is 83.5 Å². The second-order valence-electron chi connectivity index (χ2n) is 7.82. The van der Waals surface area contributed by atoms with Gasteiger partial charge in [0.25, 0.3) is 0 Å². The molecule has 0 rings (SSSR count). The van der Waals surface area contributed by atoms with E-state index in [1.165, 1.54) is 6.92 Å². The van der Waals surface area contributed by atoms with E-state index in [0.717, 1.165) is 0 Å². The Hall–Kier alpha value is -2.73. The first-order valence-corrected chi connectivity index (χ1v) is 10.8. The first kappa shape index (κ1) is 29.3. The molecule has 0 fully saturated rings. The summed E-state index contributed by atoms with van der Waals surface area (Å²) in [7, 11) is 0. The van der Waals surface area contributed by atoms with Gasteiger partial charge in [-0.2, -0.15) is 0 Å². The van der Waals surface area contributed by atoms with E-state index < -0.39 is 60.2 Å². The summed E-state index contributed by atoms with van der Waals surface area (Å²) < 4.78 is 0. The Morgan fingerprint density at radius 1 is 0.844 bits per heavy atom. The fourth-order valence-electron chi connectivity index (χ4n) is 2.74. The predicted octanol–water partition coefficient (Wildman–Crippen LogP) is -1.09. The van der Waals surface area contributed by atoms with Crippen LogP contribution < -0.4 is 27.4 Å². The third kappa shape index (κ3) is 11.0. The van der Waals surface area contributed by atoms with Crippen molar-refractivity contribution in [3.8, 4) is 0 Å². The molecule has 0 aromatic heterocycles. The number of hydrogen-bond acceptors (Lipinski definition) is 7. The van der Waals surface area contributed by atoms with Gasteiger partial charge in [-0.15, -0.1) is 0 Å². The van der Waals surface area contributed by atoms with Crippen molar-refractivity contribution >= 4 is 29.7 Å². The largest absolute Gasteiger partial charge is 0.481 e. The molecule has 0 radical (unpaired) electrons. The van der Waals surface area contributed by atoms with E-state index in [2.05, 4.69) is 16.0 Å². The number of unbranched alkanes of at least 4 members (excludes halogenated alkanes) is 1. The summed E-state index contributed by atoms with van der Waals surface area (Å²) in [4.78, 5) is 59.7. The highest BCUT2D eigenvalue weighted by atomic mass is 16.4. The third-order valence-electron chi connectivity index (χ3n) is 5.15. The summed E-state index contributed by atoms with van der Waals surface area (Å²) in [5.41, 5.74) is 11.2. The topological polar surface area (TPSA) is 214 Å². The smallest absolute Gasteiger partial charge is 0.326 e. The number of carboxylic acids is 2. The van der Waals surface area contributed by atoms with Gasteiger partial charge in [0.2, 0.25) is 17.7 Å². The Balaban J connectivity index is 5.17. The SMILES string of the molecule is CCC(C)C(N)C(=O)NC(C)C(=O)NC(CCC(=O)O)C(=O)NC(CCCCN)C(=O)O. The fourth-order valence-corrected chi connectivity index (χ4v) is 2.74. The molecular weight excluding hydrogens is 422 g/mol. The van der Waals surface area contributed by atoms with Crippen molar-refractivity contribution in [1.29, 1.82) is 0 Å². The van der Waals surface area contributed by atoms with Crippen molar-refractivity contribution in [2.75, 3.05) is 6.54 Å². The maximum absolute atomic E-state index is 12.6. The van der Waals surface area contributed by atoms with Crippen LogP contribution in [-0.4, -0.2) is 70.6 Å². The van der Waals surface area contributed by atoms with Gasteiger partial charge in [0.1, 0.15) is 18.1 Å². The lowest BCUT2D eigenvalue weighted by Crippen LogP contribution is -2.56. The minimum absolute atomic E-state index is 0.105. The molecule has 0 aliphatic rings. The lowest BCUT2D eigenvalue weighted by atomic mass is 9.99. The molecule has 12 heteroatoms. The van der Waals surface area contributed by atoms with Gasteiger partial charge in [-0.1, -0.05) is 20.3 Å². The first-order valence-electron chi connectivity index (χ1n) is 10.8. The number of aliphatic carboxylic acids is 2. The highest BCUT2D eigenvalue weighted by Gasteiger charge is 2.29. The minimum atomic E-state index is -1.29. The summed E-state index contributed by atoms with van der Waals surface area (Å²) in [6.45, 7) is 5.45. The summed E-state index contributed by atoms with van der Waals surface area (Å²) in [6.07, 6.45) is 1.17. The number of carbonyl (C=O) groups excluding carboxylic acids is 3. The summed E-state index contributed by atoms with van der Waals surface area (Å²) in [6, 6.07) is -4.36. The van der Waals surface area contributed by atoms with Crippen molar-refractivity contribution in [3.63, 3.8) is 0 Å². The van der Waals surface area contributed by atoms with Crippen LogP contribution in [0.4, 0.5) is 0 Å². The lowest BCUT2D eigenvalue weighted by molar-refractivity contribution is -0.143. The van der Waals surface area contributed by atoms with Gasteiger partial charge in [0, 0.05) is 6.42 Å². The van der Waals surface area contributed by atoms with Crippen LogP contribution in [0, 0.1) is 5.92 Å². The average Bonchev–Trinajstić information content (AvgIpc) is 2.73. The molecule has 0 saturated carbocycles. The quantitative estimate of drug-likeness (QED) is 0.139. The molecule has 0 aliphatic carbocycles. The second kappa shape index (κ2) is 15.1. The van der Waals surface area contributed by atoms with E-state index in [4.69, 9.17) is 16.6 Å². The molecule has 0 heterocycles. The van der Waals surface area contributed by atoms with E-state index in [1.807, 2.05) is 6.92 Å². The number of nitrogens with two attached hydrogens (primary N) is 2. The maximum atomic E-state index is 12.6. The first-order chi connectivity index (χ1) is 14.9. The number of nitrogens with one attached hydrogen (secondary N) is 3. The van der Waals surface area contributed by atoms with Crippen LogP contribution in [-0.2, 0) is 24.0 Å². The van der Waals surface area contributed by atoms with E-state index in [-0.39, 0.29) is 18.8 Å². The molecule has 32 heavy (non-hydrogen) atoms. The van der Waals surface area contributed by atoms with Crippen LogP contribution in [0.1, 0.15) is 59.3 Å². The standard InChI is InChI=1S/C20H37N5O7/c1-4-11(2)16(22)19(30)23-12(3)17(28)24-13(8-9-15(26)27)18(29)25-14(20(31)32)7-5-6-10-21/h11-14,16H,4-10,21-22H2,1-3H3,(H,23,30)(H,24,28)(H,25,29)(H,26,27)(H,31,32). The molecule has 0 aromatic rings. The van der Waals surface area contributed by atoms with Gasteiger partial charge in [-0.25, -0.2) is 4.79 Å². The molecule has 12 nitrogen and oxygen atoms in total. The summed E-state index contributed by atoms with van der Waals surface area (Å²) in [5.74, 6) is -4.62. The zero-order chi connectivity index (χ0) is 24.8. The molecule has 0 saturated heterocycles. The van der Waals surface area contributed by atoms with Crippen molar-refractivity contribution in [2.24, 2.45) is 17.4 Å². The van der Waals surface area contributed by atoms with Gasteiger partial charge >= 0.3 is 11.9 Å². The molecular formula is C20H37N5O7. The fraction of sp³-hybridized carbons (Fsp3) is 0.750. The number of rotatable bonds is 16. The van der Waals surface area contributed by atoms with Gasteiger partial charge in [-0.05, 0) is 45.1 Å². The van der Waals surface area contributed by atoms with Crippen LogP contribution in [0.3, 0.4) is 0 Å². The summed E-state index contributed by atoms with van der Waals surface area (Å²) in [5, 5.41) is 25.4. The van der Waals surface area contributed by atoms with Crippen LogP contribution in [0.15, 0.2) is 0 Å². The van der Waals surface area contributed by atoms with Crippen LogP contribution in [0.25, 0.3) is 0 Å². The van der Waals surface area contributed by atoms with Gasteiger partial charge in [-0.3, -0.25) is 19.2 Å². The molecule has 5 atom stereocenters. The molecule has 3 amide bonds. The Labute approximate surface area is 187 Å². The van der Waals surface area contributed by atoms with Crippen LogP contribution >= 0.6 is 0 Å². The Kier molecular flexibility index (Phi) is 13.8. The van der Waals surface area contributed by atoms with Crippen LogP contribution in [0.5, 0.6) is 0 Å². The Morgan fingerprint density at radius 3 is 1.94 bits per heavy atom. The van der Waals surface area contributed by atoms with E-state index in [9.17, 15) is 29.1 Å². The number of hydrogen-bond donors (Lipinski definition) is 7. The van der Waals surface area contributed by atoms with E-state index in [0.29, 0.717) is 25.8 Å². The monoisotopic (exact) mass is 459 g/mol. The van der Waals surface area contributed by atoms with Gasteiger partial charge < -0.3 is 37.6 Å². The maximum Gasteiger partial charge on any atom is 0.326 e. The van der Waals surface area contributed by atoms with Gasteiger partial charge in [0.15, 0.2) is 0 Å². The van der Waals surface area contributed by atoms with Crippen molar-refractivity contribution < 1.29 is 34.2 Å². The molecule has 5 unspecified atom stereocenters. The van der Waals surface area contributed by atoms with Crippen molar-refractivity contribution in [3.05, 3.63) is 0 Å². The highest BCUT2D eigenvalue weighted by Crippen LogP contribution is 2.07. The van der Waals surface area contributed by atoms with E-state index >= 15 is 0 Å². The van der Waals surface area contributed by atoms with E-state index in [1.54, 1.807) is 6.92 Å². The number of carboxylic acid groups (broad SMARTS) is 2. The molecule has 0 aliphatic heterocycles. The minimum Gasteiger partial charge on any atom is -0.481 e. The molecule has 9 N–H and O–H groups in total. The van der Waals surface area contributed by atoms with Crippen LogP contribution in [0.2, 0.25) is 0 Å². The molecule has 0 spiro atoms. The second-order valence-corrected chi connectivity index (χ2v) is 7.82. The number of carbonyl (C=O) groups is 5. The summed E-state index contributed by atoms with van der Waals surface area (Å²) >= 11 is 0. The average molecular weight is 460 g/mol. The third-order valence-corrected chi connectivity index (χ3v) is 5.15. The normalized spacial score (nSPS) is 15.5. The molecule has 0 aromatic carbocycles. The molecule has 184 valence electrons. The highest BCUT2D eigenvalue weighted by molar-refractivity contribution is 5.94. The number of amides is 3.